The maximum atomic E-state index is 4.95. The normalized spacial score (nSPS) is 18.6. The van der Waals surface area contributed by atoms with Crippen LogP contribution in [0, 0.1) is 0 Å². The summed E-state index contributed by atoms with van der Waals surface area (Å²) in [6.07, 6.45) is 0. The Morgan fingerprint density at radius 1 is 1.04 bits per heavy atom. The number of aliphatic imine (C=N–C) groups is 1. The van der Waals surface area contributed by atoms with Crippen LogP contribution in [0.1, 0.15) is 6.92 Å². The third-order valence-corrected chi connectivity index (χ3v) is 6.53. The largest absolute Gasteiger partial charge is 0.304 e. The summed E-state index contributed by atoms with van der Waals surface area (Å²) >= 11 is 5.45. The van der Waals surface area contributed by atoms with Crippen LogP contribution in [0.15, 0.2) is 61.7 Å². The van der Waals surface area contributed by atoms with Crippen LogP contribution >= 0.6 is 27.7 Å². The fourth-order valence-corrected chi connectivity index (χ4v) is 4.73. The summed E-state index contributed by atoms with van der Waals surface area (Å²) in [4.78, 5) is 14.6. The van der Waals surface area contributed by atoms with E-state index in [9.17, 15) is 0 Å². The molecule has 0 saturated carbocycles. The van der Waals surface area contributed by atoms with Crippen molar-refractivity contribution in [1.29, 1.82) is 0 Å². The molecule has 136 valence electrons. The monoisotopic (exact) mass is 430 g/mol. The van der Waals surface area contributed by atoms with Gasteiger partial charge in [-0.05, 0) is 44.3 Å². The molecule has 0 atom stereocenters. The Kier molecular flexibility index (Phi) is 5.36. The summed E-state index contributed by atoms with van der Waals surface area (Å²) < 4.78 is 1.09. The molecule has 0 N–H and O–H groups in total. The summed E-state index contributed by atoms with van der Waals surface area (Å²) in [5.74, 6) is 1.04. The molecule has 0 aromatic heterocycles. The predicted octanol–water partition coefficient (Wildman–Crippen LogP) is 4.68. The summed E-state index contributed by atoms with van der Waals surface area (Å²) in [5.41, 5.74) is 2.41. The Labute approximate surface area is 168 Å². The van der Waals surface area contributed by atoms with Gasteiger partial charge in [0, 0.05) is 40.4 Å². The lowest BCUT2D eigenvalue weighted by atomic mass is 10.2. The first kappa shape index (κ1) is 18.0. The minimum atomic E-state index is 0.759. The smallest absolute Gasteiger partial charge is 0.106 e. The number of para-hydroxylation sites is 1. The Balaban J connectivity index is 1.64. The summed E-state index contributed by atoms with van der Waals surface area (Å²) in [7, 11) is 2.18. The summed E-state index contributed by atoms with van der Waals surface area (Å²) in [5, 5.41) is 0. The molecular weight excluding hydrogens is 408 g/mol. The van der Waals surface area contributed by atoms with Crippen molar-refractivity contribution in [3.05, 3.63) is 46.9 Å². The van der Waals surface area contributed by atoms with Gasteiger partial charge in [0.05, 0.1) is 18.0 Å². The van der Waals surface area contributed by atoms with Crippen molar-refractivity contribution in [2.45, 2.75) is 16.7 Å². The fourth-order valence-electron chi connectivity index (χ4n) is 3.34. The number of rotatable bonds is 2. The second-order valence-electron chi connectivity index (χ2n) is 6.79. The zero-order chi connectivity index (χ0) is 18.1. The zero-order valence-corrected chi connectivity index (χ0v) is 17.6. The average Bonchev–Trinajstić information content (AvgIpc) is 2.65. The molecule has 2 aliphatic rings. The van der Waals surface area contributed by atoms with Crippen LogP contribution in [0.25, 0.3) is 0 Å². The lowest BCUT2D eigenvalue weighted by molar-refractivity contribution is 0.158. The number of nitrogens with zero attached hydrogens (tertiary/aromatic N) is 4. The lowest BCUT2D eigenvalue weighted by Gasteiger charge is -2.34. The van der Waals surface area contributed by atoms with Gasteiger partial charge in [0.15, 0.2) is 0 Å². The second kappa shape index (κ2) is 7.72. The highest BCUT2D eigenvalue weighted by Crippen LogP contribution is 2.48. The van der Waals surface area contributed by atoms with E-state index < -0.39 is 0 Å². The number of hydrogen-bond acceptors (Lipinski definition) is 4. The minimum Gasteiger partial charge on any atom is -0.304 e. The second-order valence-corrected chi connectivity index (χ2v) is 8.78. The molecule has 0 amide bonds. The van der Waals surface area contributed by atoms with E-state index in [1.807, 2.05) is 11.8 Å². The number of amidine groups is 1. The van der Waals surface area contributed by atoms with E-state index >= 15 is 0 Å². The number of benzene rings is 2. The fraction of sp³-hybridized carbons (Fsp3) is 0.350. The topological polar surface area (TPSA) is 22.1 Å². The predicted molar refractivity (Wildman–Crippen MR) is 114 cm³/mol. The van der Waals surface area contributed by atoms with Gasteiger partial charge >= 0.3 is 0 Å². The van der Waals surface area contributed by atoms with Gasteiger partial charge in [0.2, 0.25) is 0 Å². The third-order valence-electron chi connectivity index (χ3n) is 4.91. The highest BCUT2D eigenvalue weighted by atomic mass is 79.9. The van der Waals surface area contributed by atoms with Crippen LogP contribution < -0.4 is 4.90 Å². The van der Waals surface area contributed by atoms with Crippen molar-refractivity contribution in [1.82, 2.24) is 9.80 Å². The standard InChI is InChI=1S/C20H23BrN4S/c1-15(22-14-24-11-9-23(2)10-12-24)25-17-5-3-4-6-19(17)26-20-8-7-16(21)13-18(20)25/h3-8,13H,9-12,14H2,1-2H3. The Morgan fingerprint density at radius 2 is 1.77 bits per heavy atom. The number of fused-ring (bicyclic) bond motifs is 2. The molecule has 0 bridgehead atoms. The van der Waals surface area contributed by atoms with Gasteiger partial charge in [-0.15, -0.1) is 0 Å². The third kappa shape index (κ3) is 3.69. The molecule has 2 aromatic rings. The Bertz CT molecular complexity index is 830. The molecule has 1 saturated heterocycles. The van der Waals surface area contributed by atoms with Gasteiger partial charge in [-0.25, -0.2) is 0 Å². The maximum Gasteiger partial charge on any atom is 0.106 e. The van der Waals surface area contributed by atoms with E-state index in [2.05, 4.69) is 87.1 Å². The molecule has 0 radical (unpaired) electrons. The van der Waals surface area contributed by atoms with Crippen molar-refractivity contribution in [3.8, 4) is 0 Å². The molecule has 0 unspecified atom stereocenters. The summed E-state index contributed by atoms with van der Waals surface area (Å²) in [6.45, 7) is 7.28. The molecule has 0 aliphatic carbocycles. The van der Waals surface area contributed by atoms with Crippen LogP contribution in [0.5, 0.6) is 0 Å². The van der Waals surface area contributed by atoms with E-state index in [0.29, 0.717) is 0 Å². The van der Waals surface area contributed by atoms with E-state index in [0.717, 1.165) is 43.2 Å². The summed E-state index contributed by atoms with van der Waals surface area (Å²) in [6, 6.07) is 15.0. The van der Waals surface area contributed by atoms with Crippen molar-refractivity contribution < 1.29 is 0 Å². The van der Waals surface area contributed by atoms with Crippen LogP contribution in [0.3, 0.4) is 0 Å². The van der Waals surface area contributed by atoms with Gasteiger partial charge in [0.25, 0.3) is 0 Å². The van der Waals surface area contributed by atoms with Crippen molar-refractivity contribution in [2.75, 3.05) is 44.8 Å². The van der Waals surface area contributed by atoms with Crippen LogP contribution in [-0.2, 0) is 0 Å². The molecule has 1 fully saturated rings. The number of piperazine rings is 1. The number of halogens is 1. The molecule has 4 rings (SSSR count). The van der Waals surface area contributed by atoms with Crippen molar-refractivity contribution in [3.63, 3.8) is 0 Å². The zero-order valence-electron chi connectivity index (χ0n) is 15.2. The van der Waals surface area contributed by atoms with Gasteiger partial charge in [-0.3, -0.25) is 14.8 Å². The van der Waals surface area contributed by atoms with Crippen molar-refractivity contribution >= 4 is 44.9 Å². The van der Waals surface area contributed by atoms with Crippen LogP contribution in [-0.4, -0.2) is 55.5 Å². The molecule has 0 spiro atoms. The first-order valence-electron chi connectivity index (χ1n) is 8.90. The highest BCUT2D eigenvalue weighted by molar-refractivity contribution is 9.10. The van der Waals surface area contributed by atoms with Gasteiger partial charge in [0.1, 0.15) is 5.84 Å². The lowest BCUT2D eigenvalue weighted by Crippen LogP contribution is -2.44. The quantitative estimate of drug-likeness (QED) is 0.509. The van der Waals surface area contributed by atoms with E-state index in [1.165, 1.54) is 21.2 Å². The Hall–Kier alpha value is -1.34. The molecular formula is C20H23BrN4S. The van der Waals surface area contributed by atoms with Gasteiger partial charge < -0.3 is 4.90 Å². The average molecular weight is 431 g/mol. The SMILES string of the molecule is CC(=NCN1CCN(C)CC1)N1c2ccccc2Sc2ccc(Br)cc21. The number of anilines is 2. The molecule has 2 heterocycles. The maximum absolute atomic E-state index is 4.95. The first-order valence-corrected chi connectivity index (χ1v) is 10.5. The number of hydrogen-bond donors (Lipinski definition) is 0. The molecule has 4 nitrogen and oxygen atoms in total. The van der Waals surface area contributed by atoms with Gasteiger partial charge in [-0.2, -0.15) is 0 Å². The molecule has 6 heteroatoms. The van der Waals surface area contributed by atoms with E-state index in [1.54, 1.807) is 0 Å². The van der Waals surface area contributed by atoms with E-state index in [4.69, 9.17) is 4.99 Å². The molecule has 26 heavy (non-hydrogen) atoms. The van der Waals surface area contributed by atoms with Crippen LogP contribution in [0.4, 0.5) is 11.4 Å². The first-order chi connectivity index (χ1) is 12.6. The highest BCUT2D eigenvalue weighted by Gasteiger charge is 2.25. The molecule has 2 aromatic carbocycles. The number of likely N-dealkylation sites (N-methyl/N-ethyl adjacent to an activating group) is 1. The van der Waals surface area contributed by atoms with Gasteiger partial charge in [-0.1, -0.05) is 39.8 Å². The molecule has 2 aliphatic heterocycles. The van der Waals surface area contributed by atoms with Crippen LogP contribution in [0.2, 0.25) is 0 Å². The van der Waals surface area contributed by atoms with Crippen molar-refractivity contribution in [2.24, 2.45) is 4.99 Å². The van der Waals surface area contributed by atoms with E-state index in [-0.39, 0.29) is 0 Å². The Morgan fingerprint density at radius 3 is 2.58 bits per heavy atom. The minimum absolute atomic E-state index is 0.759.